The molecule has 2 rings (SSSR count). The molecule has 1 fully saturated rings. The second-order valence-corrected chi connectivity index (χ2v) is 12.9. The second kappa shape index (κ2) is 22.6. The van der Waals surface area contributed by atoms with Crippen molar-refractivity contribution in [2.75, 3.05) is 0 Å². The SMILES string of the molecule is CCCCCCCCCCCC[C@@H](O)C1CC[C@@H]([C@H](O)CCCCC[C@@H](O)CCCCCCC2=C[C@H](C)OC2=O)O1. The summed E-state index contributed by atoms with van der Waals surface area (Å²) in [5.74, 6) is -0.158. The molecule has 6 nitrogen and oxygen atoms in total. The Hall–Kier alpha value is -0.950. The van der Waals surface area contributed by atoms with Crippen LogP contribution in [0.15, 0.2) is 11.6 Å². The molecule has 0 aliphatic carbocycles. The van der Waals surface area contributed by atoms with Gasteiger partial charge in [0.05, 0.1) is 30.5 Å². The van der Waals surface area contributed by atoms with E-state index in [0.29, 0.717) is 0 Å². The summed E-state index contributed by atoms with van der Waals surface area (Å²) in [6, 6.07) is 0. The molecule has 41 heavy (non-hydrogen) atoms. The number of carbonyl (C=O) groups is 1. The zero-order valence-corrected chi connectivity index (χ0v) is 26.6. The first kappa shape index (κ1) is 36.2. The maximum atomic E-state index is 11.6. The van der Waals surface area contributed by atoms with E-state index in [2.05, 4.69) is 6.92 Å². The van der Waals surface area contributed by atoms with Crippen LogP contribution < -0.4 is 0 Å². The summed E-state index contributed by atoms with van der Waals surface area (Å²) in [6.07, 6.45) is 26.2. The Bertz CT molecular complexity index is 694. The maximum absolute atomic E-state index is 11.6. The van der Waals surface area contributed by atoms with Crippen LogP contribution >= 0.6 is 0 Å². The van der Waals surface area contributed by atoms with E-state index in [1.165, 1.54) is 57.8 Å². The molecule has 6 heteroatoms. The normalized spacial score (nSPS) is 23.0. The van der Waals surface area contributed by atoms with E-state index in [1.807, 2.05) is 13.0 Å². The number of cyclic esters (lactones) is 1. The van der Waals surface area contributed by atoms with E-state index in [9.17, 15) is 20.1 Å². The molecule has 1 saturated heterocycles. The summed E-state index contributed by atoms with van der Waals surface area (Å²) in [6.45, 7) is 4.15. The minimum Gasteiger partial charge on any atom is -0.455 e. The summed E-state index contributed by atoms with van der Waals surface area (Å²) < 4.78 is 11.2. The molecule has 240 valence electrons. The molecule has 0 aromatic heterocycles. The van der Waals surface area contributed by atoms with Crippen LogP contribution in [-0.4, -0.2) is 57.9 Å². The predicted molar refractivity (Wildman–Crippen MR) is 167 cm³/mol. The smallest absolute Gasteiger partial charge is 0.334 e. The third kappa shape index (κ3) is 16.5. The van der Waals surface area contributed by atoms with Gasteiger partial charge in [-0.05, 0) is 64.4 Å². The van der Waals surface area contributed by atoms with Gasteiger partial charge in [-0.15, -0.1) is 0 Å². The molecule has 0 radical (unpaired) electrons. The molecule has 2 heterocycles. The van der Waals surface area contributed by atoms with Crippen LogP contribution in [0.3, 0.4) is 0 Å². The van der Waals surface area contributed by atoms with Crippen molar-refractivity contribution in [1.29, 1.82) is 0 Å². The molecule has 2 aliphatic heterocycles. The summed E-state index contributed by atoms with van der Waals surface area (Å²) in [4.78, 5) is 11.6. The van der Waals surface area contributed by atoms with Gasteiger partial charge in [0.15, 0.2) is 0 Å². The van der Waals surface area contributed by atoms with Crippen molar-refractivity contribution in [1.82, 2.24) is 0 Å². The lowest BCUT2D eigenvalue weighted by molar-refractivity contribution is -0.139. The topological polar surface area (TPSA) is 96.2 Å². The Kier molecular flexibility index (Phi) is 20.0. The third-order valence-corrected chi connectivity index (χ3v) is 9.06. The number of aliphatic hydroxyl groups is 3. The largest absolute Gasteiger partial charge is 0.455 e. The van der Waals surface area contributed by atoms with Gasteiger partial charge in [0, 0.05) is 5.57 Å². The zero-order chi connectivity index (χ0) is 29.7. The van der Waals surface area contributed by atoms with E-state index < -0.39 is 12.2 Å². The van der Waals surface area contributed by atoms with E-state index in [1.54, 1.807) is 0 Å². The maximum Gasteiger partial charge on any atom is 0.334 e. The summed E-state index contributed by atoms with van der Waals surface area (Å²) in [7, 11) is 0. The zero-order valence-electron chi connectivity index (χ0n) is 26.6. The highest BCUT2D eigenvalue weighted by Gasteiger charge is 2.34. The van der Waals surface area contributed by atoms with Gasteiger partial charge in [-0.2, -0.15) is 0 Å². The standard InChI is InChI=1S/C35H64O6/c1-3-4-5-6-7-8-9-10-11-18-23-31(37)33-25-26-34(41-33)32(38)24-19-14-17-22-30(36)21-16-13-12-15-20-29-27-28(2)40-35(29)39/h27-28,30-34,36-38H,3-26H2,1-2H3/t28-,30-,31+,32+,33?,34-/m0/s1. The van der Waals surface area contributed by atoms with Crippen LogP contribution in [0.1, 0.15) is 168 Å². The molecule has 0 aromatic rings. The Labute approximate surface area is 251 Å². The van der Waals surface area contributed by atoms with E-state index in [0.717, 1.165) is 102 Å². The fourth-order valence-corrected chi connectivity index (χ4v) is 6.39. The lowest BCUT2D eigenvalue weighted by Crippen LogP contribution is -2.31. The van der Waals surface area contributed by atoms with Gasteiger partial charge < -0.3 is 24.8 Å². The second-order valence-electron chi connectivity index (χ2n) is 12.9. The Morgan fingerprint density at radius 2 is 1.12 bits per heavy atom. The van der Waals surface area contributed by atoms with Gasteiger partial charge in [-0.3, -0.25) is 0 Å². The molecule has 3 N–H and O–H groups in total. The molecule has 1 unspecified atom stereocenters. The highest BCUT2D eigenvalue weighted by Crippen LogP contribution is 2.28. The summed E-state index contributed by atoms with van der Waals surface area (Å²) in [5, 5.41) is 31.5. The fourth-order valence-electron chi connectivity index (χ4n) is 6.39. The van der Waals surface area contributed by atoms with Crippen molar-refractivity contribution >= 4 is 5.97 Å². The van der Waals surface area contributed by atoms with E-state index >= 15 is 0 Å². The monoisotopic (exact) mass is 580 g/mol. The van der Waals surface area contributed by atoms with Crippen molar-refractivity contribution in [3.05, 3.63) is 11.6 Å². The summed E-state index contributed by atoms with van der Waals surface area (Å²) in [5.41, 5.74) is 0.819. The highest BCUT2D eigenvalue weighted by atomic mass is 16.5. The van der Waals surface area contributed by atoms with Crippen LogP contribution in [0, 0.1) is 0 Å². The van der Waals surface area contributed by atoms with Gasteiger partial charge in [0.25, 0.3) is 0 Å². The van der Waals surface area contributed by atoms with Crippen molar-refractivity contribution in [2.45, 2.75) is 205 Å². The van der Waals surface area contributed by atoms with Gasteiger partial charge >= 0.3 is 5.97 Å². The Balaban J connectivity index is 1.39. The number of hydrogen-bond acceptors (Lipinski definition) is 6. The number of aliphatic hydroxyl groups excluding tert-OH is 3. The van der Waals surface area contributed by atoms with Crippen molar-refractivity contribution in [3.8, 4) is 0 Å². The van der Waals surface area contributed by atoms with Crippen LogP contribution in [0.25, 0.3) is 0 Å². The first-order chi connectivity index (χ1) is 19.9. The van der Waals surface area contributed by atoms with E-state index in [4.69, 9.17) is 9.47 Å². The molecule has 0 bridgehead atoms. The first-order valence-electron chi connectivity index (χ1n) is 17.5. The van der Waals surface area contributed by atoms with Crippen LogP contribution in [0.5, 0.6) is 0 Å². The molecule has 0 spiro atoms. The lowest BCUT2D eigenvalue weighted by Gasteiger charge is -2.22. The van der Waals surface area contributed by atoms with Crippen molar-refractivity contribution in [3.63, 3.8) is 0 Å². The number of hydrogen-bond donors (Lipinski definition) is 3. The minimum absolute atomic E-state index is 0.0812. The molecular weight excluding hydrogens is 516 g/mol. The molecule has 2 aliphatic rings. The molecule has 0 aromatic carbocycles. The Morgan fingerprint density at radius 3 is 1.61 bits per heavy atom. The molecule has 0 saturated carbocycles. The predicted octanol–water partition coefficient (Wildman–Crippen LogP) is 8.09. The highest BCUT2D eigenvalue weighted by molar-refractivity contribution is 5.90. The number of unbranched alkanes of at least 4 members (excludes halogenated alkanes) is 14. The molecular formula is C35H64O6. The van der Waals surface area contributed by atoms with Crippen LogP contribution in [0.4, 0.5) is 0 Å². The van der Waals surface area contributed by atoms with Gasteiger partial charge in [0.1, 0.15) is 6.10 Å². The lowest BCUT2D eigenvalue weighted by atomic mass is 9.99. The number of ether oxygens (including phenoxy) is 2. The van der Waals surface area contributed by atoms with E-state index in [-0.39, 0.29) is 30.4 Å². The number of rotatable bonds is 26. The average molecular weight is 581 g/mol. The number of esters is 1. The van der Waals surface area contributed by atoms with Gasteiger partial charge in [-0.1, -0.05) is 110 Å². The quantitative estimate of drug-likeness (QED) is 0.0707. The number of carbonyl (C=O) groups excluding carboxylic acids is 1. The van der Waals surface area contributed by atoms with Crippen molar-refractivity contribution in [2.24, 2.45) is 0 Å². The Morgan fingerprint density at radius 1 is 0.683 bits per heavy atom. The van der Waals surface area contributed by atoms with Crippen molar-refractivity contribution < 1.29 is 29.6 Å². The summed E-state index contributed by atoms with van der Waals surface area (Å²) >= 11 is 0. The minimum atomic E-state index is -0.459. The average Bonchev–Trinajstić information content (AvgIpc) is 3.57. The van der Waals surface area contributed by atoms with Crippen LogP contribution in [-0.2, 0) is 14.3 Å². The van der Waals surface area contributed by atoms with Gasteiger partial charge in [0.2, 0.25) is 0 Å². The molecule has 0 amide bonds. The van der Waals surface area contributed by atoms with Gasteiger partial charge in [-0.25, -0.2) is 4.79 Å². The van der Waals surface area contributed by atoms with Crippen LogP contribution in [0.2, 0.25) is 0 Å². The fraction of sp³-hybridized carbons (Fsp3) is 0.914. The first-order valence-corrected chi connectivity index (χ1v) is 17.5. The third-order valence-electron chi connectivity index (χ3n) is 9.06. The molecule has 6 atom stereocenters.